The molecule has 29 heavy (non-hydrogen) atoms. The van der Waals surface area contributed by atoms with E-state index in [1.807, 2.05) is 6.92 Å². The number of carbonyl (C=O) groups is 1. The molecule has 4 rings (SSSR count). The fraction of sp³-hybridized carbons (Fsp3) is 0.550. The number of aromatic nitrogens is 3. The fourth-order valence-electron chi connectivity index (χ4n) is 3.80. The molecule has 1 aliphatic carbocycles. The summed E-state index contributed by atoms with van der Waals surface area (Å²) in [5, 5.41) is 12.6. The van der Waals surface area contributed by atoms with Crippen molar-refractivity contribution in [1.82, 2.24) is 14.8 Å². The van der Waals surface area contributed by atoms with Gasteiger partial charge >= 0.3 is 0 Å². The molecule has 0 unspecified atom stereocenters. The minimum absolute atomic E-state index is 0.151. The molecule has 1 aromatic heterocycles. The predicted molar refractivity (Wildman–Crippen MR) is 113 cm³/mol. The molecule has 1 fully saturated rings. The zero-order chi connectivity index (χ0) is 20.2. The minimum Gasteiger partial charge on any atom is -0.490 e. The lowest BCUT2D eigenvalue weighted by Gasteiger charge is -2.24. The van der Waals surface area contributed by atoms with Crippen molar-refractivity contribution in [3.05, 3.63) is 23.0 Å². The van der Waals surface area contributed by atoms with Gasteiger partial charge in [-0.25, -0.2) is 0 Å². The summed E-state index contributed by atoms with van der Waals surface area (Å²) in [6, 6.07) is 3.84. The molecular formula is C20H25ClN4O3S. The lowest BCUT2D eigenvalue weighted by Crippen LogP contribution is -2.17. The van der Waals surface area contributed by atoms with Gasteiger partial charge in [-0.15, -0.1) is 10.2 Å². The van der Waals surface area contributed by atoms with E-state index in [0.717, 1.165) is 30.2 Å². The first-order valence-electron chi connectivity index (χ1n) is 10.0. The van der Waals surface area contributed by atoms with Crippen LogP contribution in [0.15, 0.2) is 17.3 Å². The molecule has 9 heteroatoms. The van der Waals surface area contributed by atoms with Crippen LogP contribution in [-0.2, 0) is 4.79 Å². The van der Waals surface area contributed by atoms with Gasteiger partial charge in [0.25, 0.3) is 0 Å². The largest absolute Gasteiger partial charge is 0.490 e. The van der Waals surface area contributed by atoms with Crippen LogP contribution in [0.2, 0.25) is 5.02 Å². The molecule has 1 aliphatic heterocycles. The smallest absolute Gasteiger partial charge is 0.234 e. The summed E-state index contributed by atoms with van der Waals surface area (Å²) in [6.45, 7) is 3.14. The number of benzene rings is 1. The normalized spacial score (nSPS) is 17.0. The van der Waals surface area contributed by atoms with E-state index in [1.165, 1.54) is 31.0 Å². The second-order valence-corrected chi connectivity index (χ2v) is 8.71. The quantitative estimate of drug-likeness (QED) is 0.688. The molecule has 1 saturated carbocycles. The van der Waals surface area contributed by atoms with Crippen molar-refractivity contribution < 1.29 is 14.3 Å². The average Bonchev–Trinajstić information content (AvgIpc) is 2.94. The van der Waals surface area contributed by atoms with Crippen molar-refractivity contribution in [3.63, 3.8) is 0 Å². The number of rotatable bonds is 5. The van der Waals surface area contributed by atoms with E-state index in [4.69, 9.17) is 21.1 Å². The second kappa shape index (κ2) is 9.26. The van der Waals surface area contributed by atoms with Crippen LogP contribution in [0, 0.1) is 6.92 Å². The first-order chi connectivity index (χ1) is 14.1. The van der Waals surface area contributed by atoms with Gasteiger partial charge in [0.1, 0.15) is 5.82 Å². The van der Waals surface area contributed by atoms with Gasteiger partial charge in [0.15, 0.2) is 16.7 Å². The average molecular weight is 437 g/mol. The molecule has 2 aromatic rings. The standard InChI is InChI=1S/C20H25ClN4O3S/c1-13-23-24-20(25(13)14-6-3-2-4-7-14)29-12-19(26)22-16-11-18-17(10-15(16)21)27-8-5-9-28-18/h10-11,14H,2-9,12H2,1H3,(H,22,26). The van der Waals surface area contributed by atoms with Crippen LogP contribution in [0.3, 0.4) is 0 Å². The minimum atomic E-state index is -0.151. The van der Waals surface area contributed by atoms with Crippen LogP contribution in [0.1, 0.15) is 50.4 Å². The molecule has 1 N–H and O–H groups in total. The number of hydrogen-bond acceptors (Lipinski definition) is 6. The van der Waals surface area contributed by atoms with Crippen LogP contribution in [-0.4, -0.2) is 39.6 Å². The maximum Gasteiger partial charge on any atom is 0.234 e. The van der Waals surface area contributed by atoms with Gasteiger partial charge in [-0.05, 0) is 19.8 Å². The van der Waals surface area contributed by atoms with E-state index in [1.54, 1.807) is 12.1 Å². The third-order valence-corrected chi connectivity index (χ3v) is 6.47. The highest BCUT2D eigenvalue weighted by molar-refractivity contribution is 7.99. The molecule has 0 saturated heterocycles. The molecule has 1 amide bonds. The lowest BCUT2D eigenvalue weighted by atomic mass is 9.95. The molecule has 0 atom stereocenters. The number of ether oxygens (including phenoxy) is 2. The number of aryl methyl sites for hydroxylation is 1. The lowest BCUT2D eigenvalue weighted by molar-refractivity contribution is -0.113. The van der Waals surface area contributed by atoms with Crippen LogP contribution in [0.5, 0.6) is 11.5 Å². The summed E-state index contributed by atoms with van der Waals surface area (Å²) in [5.41, 5.74) is 0.520. The zero-order valence-corrected chi connectivity index (χ0v) is 18.0. The van der Waals surface area contributed by atoms with Gasteiger partial charge in [-0.1, -0.05) is 42.6 Å². The van der Waals surface area contributed by atoms with Crippen molar-refractivity contribution in [2.75, 3.05) is 24.3 Å². The molecule has 156 valence electrons. The van der Waals surface area contributed by atoms with Crippen molar-refractivity contribution in [2.24, 2.45) is 0 Å². The highest BCUT2D eigenvalue weighted by Gasteiger charge is 2.22. The molecule has 0 bridgehead atoms. The van der Waals surface area contributed by atoms with E-state index < -0.39 is 0 Å². The Morgan fingerprint density at radius 3 is 2.66 bits per heavy atom. The third kappa shape index (κ3) is 4.80. The van der Waals surface area contributed by atoms with E-state index >= 15 is 0 Å². The van der Waals surface area contributed by atoms with Crippen molar-refractivity contribution in [1.29, 1.82) is 0 Å². The van der Waals surface area contributed by atoms with Crippen molar-refractivity contribution in [3.8, 4) is 11.5 Å². The Kier molecular flexibility index (Phi) is 6.50. The summed E-state index contributed by atoms with van der Waals surface area (Å²) in [5.74, 6) is 2.20. The van der Waals surface area contributed by atoms with Crippen LogP contribution in [0.25, 0.3) is 0 Å². The Morgan fingerprint density at radius 1 is 1.17 bits per heavy atom. The summed E-state index contributed by atoms with van der Waals surface area (Å²) in [7, 11) is 0. The number of anilines is 1. The van der Waals surface area contributed by atoms with Crippen LogP contribution < -0.4 is 14.8 Å². The number of thioether (sulfide) groups is 1. The van der Waals surface area contributed by atoms with E-state index in [9.17, 15) is 4.79 Å². The second-order valence-electron chi connectivity index (χ2n) is 7.36. The Bertz CT molecular complexity index is 883. The maximum absolute atomic E-state index is 12.5. The number of nitrogens with zero attached hydrogens (tertiary/aromatic N) is 3. The first kappa shape index (κ1) is 20.3. The molecule has 0 radical (unpaired) electrons. The van der Waals surface area contributed by atoms with Gasteiger partial charge in [0.2, 0.25) is 5.91 Å². The number of hydrogen-bond donors (Lipinski definition) is 1. The van der Waals surface area contributed by atoms with Crippen molar-refractivity contribution in [2.45, 2.75) is 56.6 Å². The highest BCUT2D eigenvalue weighted by atomic mass is 35.5. The molecule has 1 aromatic carbocycles. The summed E-state index contributed by atoms with van der Waals surface area (Å²) in [6.07, 6.45) is 6.85. The van der Waals surface area contributed by atoms with Gasteiger partial charge < -0.3 is 19.4 Å². The van der Waals surface area contributed by atoms with E-state index in [2.05, 4.69) is 20.1 Å². The highest BCUT2D eigenvalue weighted by Crippen LogP contribution is 2.38. The maximum atomic E-state index is 12.5. The molecule has 0 spiro atoms. The Labute approximate surface area is 179 Å². The number of amides is 1. The molecule has 2 heterocycles. The monoisotopic (exact) mass is 436 g/mol. The third-order valence-electron chi connectivity index (χ3n) is 5.22. The zero-order valence-electron chi connectivity index (χ0n) is 16.4. The van der Waals surface area contributed by atoms with Gasteiger partial charge in [0.05, 0.1) is 29.7 Å². The first-order valence-corrected chi connectivity index (χ1v) is 11.4. The summed E-state index contributed by atoms with van der Waals surface area (Å²) >= 11 is 7.73. The van der Waals surface area contributed by atoms with E-state index in [0.29, 0.717) is 41.5 Å². The number of fused-ring (bicyclic) bond motifs is 1. The summed E-state index contributed by atoms with van der Waals surface area (Å²) in [4.78, 5) is 12.5. The van der Waals surface area contributed by atoms with Gasteiger partial charge in [0, 0.05) is 24.6 Å². The Balaban J connectivity index is 1.40. The Hall–Kier alpha value is -1.93. The number of carbonyl (C=O) groups excluding carboxylic acids is 1. The fourth-order valence-corrected chi connectivity index (χ4v) is 4.86. The van der Waals surface area contributed by atoms with Gasteiger partial charge in [-0.3, -0.25) is 4.79 Å². The molecule has 2 aliphatic rings. The predicted octanol–water partition coefficient (Wildman–Crippen LogP) is 4.64. The topological polar surface area (TPSA) is 78.3 Å². The van der Waals surface area contributed by atoms with Crippen molar-refractivity contribution >= 4 is 35.0 Å². The molecule has 7 nitrogen and oxygen atoms in total. The number of halogens is 1. The SMILES string of the molecule is Cc1nnc(SCC(=O)Nc2cc3c(cc2Cl)OCCCO3)n1C1CCCCC1. The summed E-state index contributed by atoms with van der Waals surface area (Å²) < 4.78 is 13.5. The van der Waals surface area contributed by atoms with E-state index in [-0.39, 0.29) is 11.7 Å². The van der Waals surface area contributed by atoms with Crippen LogP contribution >= 0.6 is 23.4 Å². The molecular weight excluding hydrogens is 412 g/mol. The Morgan fingerprint density at radius 2 is 1.90 bits per heavy atom. The number of nitrogens with one attached hydrogen (secondary N) is 1. The van der Waals surface area contributed by atoms with Crippen LogP contribution in [0.4, 0.5) is 5.69 Å². The van der Waals surface area contributed by atoms with Gasteiger partial charge in [-0.2, -0.15) is 0 Å².